The molecule has 5 nitrogen and oxygen atoms in total. The minimum Gasteiger partial charge on any atom is -0.444 e. The van der Waals surface area contributed by atoms with Gasteiger partial charge in [0.05, 0.1) is 11.7 Å². The van der Waals surface area contributed by atoms with Crippen LogP contribution in [0.4, 0.5) is 4.79 Å². The molecule has 0 aliphatic carbocycles. The molecule has 150 valence electrons. The highest BCUT2D eigenvalue weighted by molar-refractivity contribution is 6.32. The van der Waals surface area contributed by atoms with Crippen molar-refractivity contribution < 1.29 is 9.53 Å². The molecule has 29 heavy (non-hydrogen) atoms. The molecule has 2 aromatic carbocycles. The van der Waals surface area contributed by atoms with Gasteiger partial charge in [0.15, 0.2) is 5.15 Å². The molecule has 0 bridgehead atoms. The van der Waals surface area contributed by atoms with Gasteiger partial charge in [0.25, 0.3) is 0 Å². The van der Waals surface area contributed by atoms with Crippen LogP contribution in [0.2, 0.25) is 5.15 Å². The molecule has 0 fully saturated rings. The number of carbonyl (C=O) groups is 1. The summed E-state index contributed by atoms with van der Waals surface area (Å²) in [6, 6.07) is 21.1. The minimum atomic E-state index is -0.595. The number of rotatable bonds is 5. The average molecular weight is 410 g/mol. The van der Waals surface area contributed by atoms with Gasteiger partial charge in [0.1, 0.15) is 5.60 Å². The second kappa shape index (κ2) is 9.05. The van der Waals surface area contributed by atoms with Crippen molar-refractivity contribution in [2.24, 2.45) is 0 Å². The quantitative estimate of drug-likeness (QED) is 0.595. The first kappa shape index (κ1) is 20.8. The van der Waals surface area contributed by atoms with Gasteiger partial charge in [0.2, 0.25) is 0 Å². The van der Waals surface area contributed by atoms with Crippen molar-refractivity contribution in [1.82, 2.24) is 15.5 Å². The Morgan fingerprint density at radius 1 is 1.03 bits per heavy atom. The van der Waals surface area contributed by atoms with Crippen molar-refractivity contribution in [2.45, 2.75) is 38.8 Å². The van der Waals surface area contributed by atoms with Crippen LogP contribution in [0.3, 0.4) is 0 Å². The standard InChI is InChI=1S/C23H24ClN3O2/c1-23(2,3)29-22(28)25-19(14-16-10-6-4-7-11-16)20-15-18(21(24)27-26-20)17-12-8-5-9-13-17/h4-13,15,19H,14H2,1-3H3,(H,25,28)/t19-/m0/s1. The molecular formula is C23H24ClN3O2. The van der Waals surface area contributed by atoms with E-state index < -0.39 is 17.7 Å². The summed E-state index contributed by atoms with van der Waals surface area (Å²) in [5.74, 6) is 0. The number of nitrogens with zero attached hydrogens (tertiary/aromatic N) is 2. The van der Waals surface area contributed by atoms with Crippen molar-refractivity contribution in [1.29, 1.82) is 0 Å². The lowest BCUT2D eigenvalue weighted by atomic mass is 10.0. The summed E-state index contributed by atoms with van der Waals surface area (Å²) < 4.78 is 5.44. The zero-order valence-electron chi connectivity index (χ0n) is 16.7. The molecule has 0 radical (unpaired) electrons. The molecule has 6 heteroatoms. The number of ether oxygens (including phenoxy) is 1. The maximum Gasteiger partial charge on any atom is 0.408 e. The lowest BCUT2D eigenvalue weighted by Crippen LogP contribution is -2.36. The van der Waals surface area contributed by atoms with E-state index in [9.17, 15) is 4.79 Å². The molecule has 0 aliphatic heterocycles. The van der Waals surface area contributed by atoms with Crippen LogP contribution < -0.4 is 5.32 Å². The summed E-state index contributed by atoms with van der Waals surface area (Å²) in [6.45, 7) is 5.48. The Balaban J connectivity index is 1.94. The topological polar surface area (TPSA) is 64.1 Å². The van der Waals surface area contributed by atoms with Crippen molar-refractivity contribution >= 4 is 17.7 Å². The van der Waals surface area contributed by atoms with Crippen LogP contribution in [0, 0.1) is 0 Å². The monoisotopic (exact) mass is 409 g/mol. The highest BCUT2D eigenvalue weighted by Gasteiger charge is 2.23. The third-order valence-corrected chi connectivity index (χ3v) is 4.46. The maximum atomic E-state index is 12.4. The van der Waals surface area contributed by atoms with Crippen molar-refractivity contribution in [3.05, 3.63) is 83.1 Å². The predicted molar refractivity (Wildman–Crippen MR) is 115 cm³/mol. The molecule has 0 spiro atoms. The molecule has 0 saturated carbocycles. The number of halogens is 1. The molecule has 1 amide bonds. The van der Waals surface area contributed by atoms with Crippen LogP contribution in [0.25, 0.3) is 11.1 Å². The maximum absolute atomic E-state index is 12.4. The second-order valence-corrected chi connectivity index (χ2v) is 8.09. The van der Waals surface area contributed by atoms with Gasteiger partial charge >= 0.3 is 6.09 Å². The summed E-state index contributed by atoms with van der Waals surface area (Å²) in [4.78, 5) is 12.4. The zero-order chi connectivity index (χ0) is 20.9. The van der Waals surface area contributed by atoms with Gasteiger partial charge in [-0.1, -0.05) is 72.3 Å². The number of benzene rings is 2. The number of hydrogen-bond donors (Lipinski definition) is 1. The highest BCUT2D eigenvalue weighted by atomic mass is 35.5. The SMILES string of the molecule is CC(C)(C)OC(=O)N[C@@H](Cc1ccccc1)c1cc(-c2ccccc2)c(Cl)nn1. The van der Waals surface area contributed by atoms with Crippen LogP contribution in [-0.2, 0) is 11.2 Å². The fraction of sp³-hybridized carbons (Fsp3) is 0.261. The molecule has 1 atom stereocenters. The van der Waals surface area contributed by atoms with Crippen LogP contribution >= 0.6 is 11.6 Å². The van der Waals surface area contributed by atoms with Gasteiger partial charge in [-0.25, -0.2) is 4.79 Å². The Labute approximate surface area is 176 Å². The first-order valence-corrected chi connectivity index (χ1v) is 9.81. The van der Waals surface area contributed by atoms with E-state index in [0.29, 0.717) is 17.3 Å². The Hall–Kier alpha value is -2.92. The van der Waals surface area contributed by atoms with Crippen LogP contribution in [-0.4, -0.2) is 21.9 Å². The van der Waals surface area contributed by atoms with Gasteiger partial charge in [0, 0.05) is 5.56 Å². The van der Waals surface area contributed by atoms with Gasteiger partial charge in [-0.2, -0.15) is 5.10 Å². The lowest BCUT2D eigenvalue weighted by molar-refractivity contribution is 0.0502. The fourth-order valence-electron chi connectivity index (χ4n) is 2.91. The van der Waals surface area contributed by atoms with E-state index in [1.165, 1.54) is 0 Å². The molecule has 0 saturated heterocycles. The number of amides is 1. The van der Waals surface area contributed by atoms with Gasteiger partial charge in [-0.15, -0.1) is 5.10 Å². The Morgan fingerprint density at radius 2 is 1.66 bits per heavy atom. The number of alkyl carbamates (subject to hydrolysis) is 1. The Bertz CT molecular complexity index is 957. The van der Waals surface area contributed by atoms with Crippen LogP contribution in [0.15, 0.2) is 66.7 Å². The van der Waals surface area contributed by atoms with Crippen LogP contribution in [0.5, 0.6) is 0 Å². The Kier molecular flexibility index (Phi) is 6.49. The molecule has 3 aromatic rings. The zero-order valence-corrected chi connectivity index (χ0v) is 17.5. The average Bonchev–Trinajstić information content (AvgIpc) is 2.68. The molecule has 0 aliphatic rings. The summed E-state index contributed by atoms with van der Waals surface area (Å²) in [6.07, 6.45) is 0.0430. The summed E-state index contributed by atoms with van der Waals surface area (Å²) in [7, 11) is 0. The lowest BCUT2D eigenvalue weighted by Gasteiger charge is -2.23. The molecule has 3 rings (SSSR count). The first-order chi connectivity index (χ1) is 13.8. The van der Waals surface area contributed by atoms with E-state index in [2.05, 4.69) is 15.5 Å². The van der Waals surface area contributed by atoms with Crippen molar-refractivity contribution in [3.63, 3.8) is 0 Å². The third kappa shape index (κ3) is 6.03. The fourth-order valence-corrected chi connectivity index (χ4v) is 3.11. The van der Waals surface area contributed by atoms with Crippen molar-refractivity contribution in [3.8, 4) is 11.1 Å². The molecule has 1 aromatic heterocycles. The summed E-state index contributed by atoms with van der Waals surface area (Å²) >= 11 is 6.30. The summed E-state index contributed by atoms with van der Waals surface area (Å²) in [5.41, 5.74) is 2.78. The van der Waals surface area contributed by atoms with Gasteiger partial charge in [-0.05, 0) is 44.4 Å². The normalized spacial score (nSPS) is 12.3. The van der Waals surface area contributed by atoms with Crippen LogP contribution in [0.1, 0.15) is 38.1 Å². The number of nitrogens with one attached hydrogen (secondary N) is 1. The van der Waals surface area contributed by atoms with E-state index in [0.717, 1.165) is 16.7 Å². The minimum absolute atomic E-state index is 0.315. The summed E-state index contributed by atoms with van der Waals surface area (Å²) in [5, 5.41) is 11.6. The third-order valence-electron chi connectivity index (χ3n) is 4.18. The van der Waals surface area contributed by atoms with E-state index >= 15 is 0 Å². The predicted octanol–water partition coefficient (Wildman–Crippen LogP) is 5.61. The van der Waals surface area contributed by atoms with E-state index in [-0.39, 0.29) is 0 Å². The molecule has 1 N–H and O–H groups in total. The largest absolute Gasteiger partial charge is 0.444 e. The molecule has 1 heterocycles. The second-order valence-electron chi connectivity index (χ2n) is 7.73. The van der Waals surface area contributed by atoms with Gasteiger partial charge in [-0.3, -0.25) is 0 Å². The first-order valence-electron chi connectivity index (χ1n) is 9.44. The van der Waals surface area contributed by atoms with E-state index in [1.54, 1.807) is 0 Å². The van der Waals surface area contributed by atoms with E-state index in [1.807, 2.05) is 87.5 Å². The smallest absolute Gasteiger partial charge is 0.408 e. The van der Waals surface area contributed by atoms with Gasteiger partial charge < -0.3 is 10.1 Å². The highest BCUT2D eigenvalue weighted by Crippen LogP contribution is 2.28. The number of carbonyl (C=O) groups excluding carboxylic acids is 1. The molecular weight excluding hydrogens is 386 g/mol. The van der Waals surface area contributed by atoms with E-state index in [4.69, 9.17) is 16.3 Å². The number of hydrogen-bond acceptors (Lipinski definition) is 4. The van der Waals surface area contributed by atoms with Crippen molar-refractivity contribution in [2.75, 3.05) is 0 Å². The Morgan fingerprint density at radius 3 is 2.28 bits per heavy atom. The number of aromatic nitrogens is 2. The molecule has 0 unspecified atom stereocenters.